The lowest BCUT2D eigenvalue weighted by atomic mass is 10.1. The minimum Gasteiger partial charge on any atom is -0.368 e. The number of nitrogens with zero attached hydrogens (tertiary/aromatic N) is 3. The first-order chi connectivity index (χ1) is 9.90. The van der Waals surface area contributed by atoms with Gasteiger partial charge in [0.2, 0.25) is 0 Å². The molecule has 1 aliphatic heterocycles. The van der Waals surface area contributed by atoms with Gasteiger partial charge in [-0.1, -0.05) is 6.92 Å². The van der Waals surface area contributed by atoms with E-state index in [4.69, 9.17) is 0 Å². The van der Waals surface area contributed by atoms with E-state index >= 15 is 0 Å². The number of piperazine rings is 1. The molecular formula is C17H30N4. The lowest BCUT2D eigenvalue weighted by molar-refractivity contribution is 0.213. The predicted octanol–water partition coefficient (Wildman–Crippen LogP) is 2.50. The van der Waals surface area contributed by atoms with Gasteiger partial charge >= 0.3 is 0 Å². The summed E-state index contributed by atoms with van der Waals surface area (Å²) >= 11 is 0. The molecule has 2 rings (SSSR count). The molecule has 4 nitrogen and oxygen atoms in total. The Balaban J connectivity index is 2.12. The number of aromatic nitrogens is 1. The summed E-state index contributed by atoms with van der Waals surface area (Å²) in [5.74, 6) is 0. The average Bonchev–Trinajstić information content (AvgIpc) is 2.45. The zero-order chi connectivity index (χ0) is 15.5. The van der Waals surface area contributed by atoms with E-state index in [-0.39, 0.29) is 5.54 Å². The van der Waals surface area contributed by atoms with Crippen LogP contribution in [-0.2, 0) is 6.54 Å². The molecule has 1 N–H and O–H groups in total. The highest BCUT2D eigenvalue weighted by atomic mass is 15.3. The molecular weight excluding hydrogens is 260 g/mol. The van der Waals surface area contributed by atoms with Gasteiger partial charge in [-0.15, -0.1) is 0 Å². The molecule has 1 aliphatic rings. The van der Waals surface area contributed by atoms with Crippen molar-refractivity contribution < 1.29 is 0 Å². The second-order valence-corrected chi connectivity index (χ2v) is 7.10. The first kappa shape index (κ1) is 16.2. The quantitative estimate of drug-likeness (QED) is 0.923. The van der Waals surface area contributed by atoms with Gasteiger partial charge in [-0.05, 0) is 40.3 Å². The maximum Gasteiger partial charge on any atom is 0.0443 e. The summed E-state index contributed by atoms with van der Waals surface area (Å²) in [6.45, 7) is 13.1. The number of hydrogen-bond donors (Lipinski definition) is 1. The largest absolute Gasteiger partial charge is 0.368 e. The number of hydrogen-bond acceptors (Lipinski definition) is 4. The first-order valence-corrected chi connectivity index (χ1v) is 8.04. The Morgan fingerprint density at radius 3 is 2.76 bits per heavy atom. The van der Waals surface area contributed by atoms with Crippen molar-refractivity contribution >= 4 is 5.69 Å². The molecule has 1 atom stereocenters. The summed E-state index contributed by atoms with van der Waals surface area (Å²) in [7, 11) is 2.24. The Kier molecular flexibility index (Phi) is 5.22. The average molecular weight is 290 g/mol. The van der Waals surface area contributed by atoms with Crippen LogP contribution in [-0.4, -0.2) is 48.1 Å². The van der Waals surface area contributed by atoms with E-state index in [0.717, 1.165) is 26.2 Å². The molecule has 4 heteroatoms. The van der Waals surface area contributed by atoms with E-state index in [1.165, 1.54) is 17.7 Å². The van der Waals surface area contributed by atoms with Gasteiger partial charge in [0, 0.05) is 61.4 Å². The molecule has 0 spiro atoms. The second-order valence-electron chi connectivity index (χ2n) is 7.10. The fourth-order valence-corrected chi connectivity index (χ4v) is 2.83. The van der Waals surface area contributed by atoms with Gasteiger partial charge in [-0.3, -0.25) is 9.88 Å². The fourth-order valence-electron chi connectivity index (χ4n) is 2.83. The van der Waals surface area contributed by atoms with Gasteiger partial charge in [-0.2, -0.15) is 0 Å². The Morgan fingerprint density at radius 2 is 2.10 bits per heavy atom. The monoisotopic (exact) mass is 290 g/mol. The van der Waals surface area contributed by atoms with Gasteiger partial charge in [0.25, 0.3) is 0 Å². The molecule has 21 heavy (non-hydrogen) atoms. The standard InChI is InChI=1S/C17H30N4/c1-6-15-13-21(10-9-20(15)5)16-7-8-18-11-14(16)12-19-17(2,3)4/h7-8,11,15,19H,6,9-10,12-13H2,1-5H3. The first-order valence-electron chi connectivity index (χ1n) is 8.04. The van der Waals surface area contributed by atoms with E-state index in [0.29, 0.717) is 6.04 Å². The molecule has 1 aromatic heterocycles. The van der Waals surface area contributed by atoms with Crippen molar-refractivity contribution in [1.29, 1.82) is 0 Å². The normalized spacial score (nSPS) is 20.8. The van der Waals surface area contributed by atoms with Crippen LogP contribution in [0.2, 0.25) is 0 Å². The highest BCUT2D eigenvalue weighted by Crippen LogP contribution is 2.23. The molecule has 2 heterocycles. The van der Waals surface area contributed by atoms with Crippen molar-refractivity contribution in [3.05, 3.63) is 24.0 Å². The molecule has 1 aromatic rings. The van der Waals surface area contributed by atoms with Crippen molar-refractivity contribution in [2.75, 3.05) is 31.6 Å². The van der Waals surface area contributed by atoms with Crippen LogP contribution in [0.1, 0.15) is 39.7 Å². The van der Waals surface area contributed by atoms with Gasteiger partial charge in [0.05, 0.1) is 0 Å². The lowest BCUT2D eigenvalue weighted by Gasteiger charge is -2.41. The number of likely N-dealkylation sites (N-methyl/N-ethyl adjacent to an activating group) is 1. The molecule has 0 aromatic carbocycles. The number of anilines is 1. The predicted molar refractivity (Wildman–Crippen MR) is 89.8 cm³/mol. The second kappa shape index (κ2) is 6.75. The molecule has 1 fully saturated rings. The van der Waals surface area contributed by atoms with E-state index in [2.05, 4.69) is 60.9 Å². The Labute approximate surface area is 129 Å². The third kappa shape index (κ3) is 4.42. The highest BCUT2D eigenvalue weighted by Gasteiger charge is 2.24. The Bertz CT molecular complexity index is 452. The molecule has 0 bridgehead atoms. The summed E-state index contributed by atoms with van der Waals surface area (Å²) in [6, 6.07) is 2.81. The van der Waals surface area contributed by atoms with E-state index < -0.39 is 0 Å². The smallest absolute Gasteiger partial charge is 0.0443 e. The van der Waals surface area contributed by atoms with Crippen molar-refractivity contribution in [2.24, 2.45) is 0 Å². The van der Waals surface area contributed by atoms with Gasteiger partial charge in [-0.25, -0.2) is 0 Å². The summed E-state index contributed by atoms with van der Waals surface area (Å²) in [4.78, 5) is 9.32. The maximum absolute atomic E-state index is 4.32. The van der Waals surface area contributed by atoms with Gasteiger partial charge in [0.15, 0.2) is 0 Å². The summed E-state index contributed by atoms with van der Waals surface area (Å²) in [6.07, 6.45) is 5.12. The molecule has 0 saturated carbocycles. The summed E-state index contributed by atoms with van der Waals surface area (Å²) in [5.41, 5.74) is 2.77. The van der Waals surface area contributed by atoms with Crippen LogP contribution >= 0.6 is 0 Å². The Hall–Kier alpha value is -1.13. The minimum atomic E-state index is 0.126. The molecule has 0 radical (unpaired) electrons. The van der Waals surface area contributed by atoms with Crippen molar-refractivity contribution in [3.63, 3.8) is 0 Å². The molecule has 118 valence electrons. The third-order valence-corrected chi connectivity index (χ3v) is 4.28. The summed E-state index contributed by atoms with van der Waals surface area (Å²) < 4.78 is 0. The molecule has 1 saturated heterocycles. The van der Waals surface area contributed by atoms with E-state index in [9.17, 15) is 0 Å². The molecule has 1 unspecified atom stereocenters. The SMILES string of the molecule is CCC1CN(c2ccncc2CNC(C)(C)C)CCN1C. The van der Waals surface area contributed by atoms with Crippen LogP contribution in [0, 0.1) is 0 Å². The zero-order valence-corrected chi connectivity index (χ0v) is 14.2. The maximum atomic E-state index is 4.32. The fraction of sp³-hybridized carbons (Fsp3) is 0.706. The number of rotatable bonds is 4. The topological polar surface area (TPSA) is 31.4 Å². The summed E-state index contributed by atoms with van der Waals surface area (Å²) in [5, 5.41) is 3.57. The van der Waals surface area contributed by atoms with Crippen molar-refractivity contribution in [3.8, 4) is 0 Å². The van der Waals surface area contributed by atoms with Crippen molar-refractivity contribution in [1.82, 2.24) is 15.2 Å². The van der Waals surface area contributed by atoms with Crippen LogP contribution < -0.4 is 10.2 Å². The van der Waals surface area contributed by atoms with Crippen LogP contribution in [0.25, 0.3) is 0 Å². The van der Waals surface area contributed by atoms with E-state index in [1.54, 1.807) is 0 Å². The van der Waals surface area contributed by atoms with Crippen molar-refractivity contribution in [2.45, 2.75) is 52.2 Å². The Morgan fingerprint density at radius 1 is 1.33 bits per heavy atom. The van der Waals surface area contributed by atoms with Crippen LogP contribution in [0.4, 0.5) is 5.69 Å². The highest BCUT2D eigenvalue weighted by molar-refractivity contribution is 5.52. The van der Waals surface area contributed by atoms with E-state index in [1.807, 2.05) is 12.4 Å². The van der Waals surface area contributed by atoms with Crippen LogP contribution in [0.5, 0.6) is 0 Å². The number of pyridine rings is 1. The van der Waals surface area contributed by atoms with Crippen LogP contribution in [0.3, 0.4) is 0 Å². The molecule has 0 aliphatic carbocycles. The van der Waals surface area contributed by atoms with Gasteiger partial charge < -0.3 is 10.2 Å². The lowest BCUT2D eigenvalue weighted by Crippen LogP contribution is -2.51. The minimum absolute atomic E-state index is 0.126. The number of nitrogens with one attached hydrogen (secondary N) is 1. The van der Waals surface area contributed by atoms with Crippen LogP contribution in [0.15, 0.2) is 18.5 Å². The molecule has 0 amide bonds. The van der Waals surface area contributed by atoms with Gasteiger partial charge in [0.1, 0.15) is 0 Å². The zero-order valence-electron chi connectivity index (χ0n) is 14.2. The third-order valence-electron chi connectivity index (χ3n) is 4.28.